The average Bonchev–Trinajstić information content (AvgIpc) is 3.07. The fourth-order valence-corrected chi connectivity index (χ4v) is 4.30. The van der Waals surface area contributed by atoms with E-state index in [0.29, 0.717) is 25.3 Å². The van der Waals surface area contributed by atoms with Crippen molar-refractivity contribution < 1.29 is 14.3 Å². The van der Waals surface area contributed by atoms with Crippen molar-refractivity contribution >= 4 is 23.7 Å². The first-order chi connectivity index (χ1) is 11.0. The first kappa shape index (κ1) is 16.2. The first-order valence-electron chi connectivity index (χ1n) is 7.94. The SMILES string of the molecule is Cc1ccc(C)c(OCCCN2C(=O)N[C@@]3(CCSC3)C2=O)c1. The molecule has 2 saturated heterocycles. The number of ether oxygens (including phenoxy) is 1. The Bertz CT molecular complexity index is 626. The van der Waals surface area contributed by atoms with Crippen LogP contribution >= 0.6 is 11.8 Å². The quantitative estimate of drug-likeness (QED) is 0.664. The van der Waals surface area contributed by atoms with Crippen LogP contribution in [0.4, 0.5) is 4.79 Å². The molecule has 3 amide bonds. The van der Waals surface area contributed by atoms with Crippen LogP contribution in [0.2, 0.25) is 0 Å². The molecule has 23 heavy (non-hydrogen) atoms. The van der Waals surface area contributed by atoms with Gasteiger partial charge in [-0.25, -0.2) is 4.79 Å². The molecule has 3 rings (SSSR count). The third-order valence-electron chi connectivity index (χ3n) is 4.39. The van der Waals surface area contributed by atoms with Crippen molar-refractivity contribution in [2.24, 2.45) is 0 Å². The van der Waals surface area contributed by atoms with Gasteiger partial charge in [0.2, 0.25) is 0 Å². The van der Waals surface area contributed by atoms with E-state index in [-0.39, 0.29) is 11.9 Å². The predicted molar refractivity (Wildman–Crippen MR) is 90.9 cm³/mol. The number of thioether (sulfide) groups is 1. The Labute approximate surface area is 140 Å². The summed E-state index contributed by atoms with van der Waals surface area (Å²) in [6, 6.07) is 5.83. The fourth-order valence-electron chi connectivity index (χ4n) is 2.98. The van der Waals surface area contributed by atoms with Gasteiger partial charge in [0.25, 0.3) is 5.91 Å². The van der Waals surface area contributed by atoms with E-state index in [1.807, 2.05) is 26.0 Å². The Kier molecular flexibility index (Phi) is 4.53. The van der Waals surface area contributed by atoms with Crippen LogP contribution in [0.3, 0.4) is 0 Å². The highest BCUT2D eigenvalue weighted by molar-refractivity contribution is 7.99. The average molecular weight is 334 g/mol. The molecule has 1 aromatic carbocycles. The summed E-state index contributed by atoms with van der Waals surface area (Å²) in [5.41, 5.74) is 1.60. The van der Waals surface area contributed by atoms with Gasteiger partial charge >= 0.3 is 6.03 Å². The van der Waals surface area contributed by atoms with E-state index in [1.165, 1.54) is 4.90 Å². The molecule has 0 unspecified atom stereocenters. The van der Waals surface area contributed by atoms with Crippen LogP contribution in [0.1, 0.15) is 24.0 Å². The highest BCUT2D eigenvalue weighted by Gasteiger charge is 2.52. The molecule has 1 N–H and O–H groups in total. The van der Waals surface area contributed by atoms with Crippen LogP contribution in [0.15, 0.2) is 18.2 Å². The number of amides is 3. The molecule has 0 bridgehead atoms. The Morgan fingerprint density at radius 1 is 1.35 bits per heavy atom. The van der Waals surface area contributed by atoms with Crippen LogP contribution in [0.5, 0.6) is 5.75 Å². The second-order valence-corrected chi connectivity index (χ2v) is 7.35. The van der Waals surface area contributed by atoms with Gasteiger partial charge < -0.3 is 10.1 Å². The lowest BCUT2D eigenvalue weighted by molar-refractivity contribution is -0.130. The molecule has 6 heteroatoms. The second kappa shape index (κ2) is 6.43. The van der Waals surface area contributed by atoms with Crippen molar-refractivity contribution in [1.29, 1.82) is 0 Å². The summed E-state index contributed by atoms with van der Waals surface area (Å²) in [6.07, 6.45) is 1.37. The van der Waals surface area contributed by atoms with Gasteiger partial charge in [-0.15, -0.1) is 0 Å². The van der Waals surface area contributed by atoms with E-state index in [0.717, 1.165) is 29.1 Å². The number of rotatable bonds is 5. The molecule has 5 nitrogen and oxygen atoms in total. The molecule has 0 aromatic heterocycles. The van der Waals surface area contributed by atoms with Gasteiger partial charge in [-0.3, -0.25) is 9.69 Å². The summed E-state index contributed by atoms with van der Waals surface area (Å²) in [6.45, 7) is 4.93. The molecule has 1 aromatic rings. The Hall–Kier alpha value is -1.69. The minimum atomic E-state index is -0.643. The number of imide groups is 1. The van der Waals surface area contributed by atoms with Crippen molar-refractivity contribution in [1.82, 2.24) is 10.2 Å². The molecule has 1 spiro atoms. The molecule has 2 fully saturated rings. The lowest BCUT2D eigenvalue weighted by Gasteiger charge is -2.19. The van der Waals surface area contributed by atoms with E-state index >= 15 is 0 Å². The number of nitrogens with one attached hydrogen (secondary N) is 1. The number of benzene rings is 1. The number of hydrogen-bond donors (Lipinski definition) is 1. The molecular weight excluding hydrogens is 312 g/mol. The number of hydrogen-bond acceptors (Lipinski definition) is 4. The van der Waals surface area contributed by atoms with Gasteiger partial charge in [-0.2, -0.15) is 11.8 Å². The topological polar surface area (TPSA) is 58.6 Å². The number of carbonyl (C=O) groups excluding carboxylic acids is 2. The zero-order chi connectivity index (χ0) is 16.4. The smallest absolute Gasteiger partial charge is 0.325 e. The van der Waals surface area contributed by atoms with Crippen molar-refractivity contribution in [2.75, 3.05) is 24.7 Å². The largest absolute Gasteiger partial charge is 0.493 e. The summed E-state index contributed by atoms with van der Waals surface area (Å²) in [7, 11) is 0. The van der Waals surface area contributed by atoms with Crippen LogP contribution in [0.25, 0.3) is 0 Å². The Morgan fingerprint density at radius 3 is 2.91 bits per heavy atom. The van der Waals surface area contributed by atoms with Gasteiger partial charge in [-0.1, -0.05) is 12.1 Å². The van der Waals surface area contributed by atoms with E-state index in [4.69, 9.17) is 4.74 Å². The molecule has 0 aliphatic carbocycles. The van der Waals surface area contributed by atoms with Gasteiger partial charge in [0.05, 0.1) is 6.61 Å². The number of urea groups is 1. The van der Waals surface area contributed by atoms with Crippen molar-refractivity contribution in [3.8, 4) is 5.75 Å². The lowest BCUT2D eigenvalue weighted by Crippen LogP contribution is -2.47. The minimum Gasteiger partial charge on any atom is -0.493 e. The van der Waals surface area contributed by atoms with Crippen LogP contribution in [-0.2, 0) is 4.79 Å². The Balaban J connectivity index is 1.52. The maximum absolute atomic E-state index is 12.5. The van der Waals surface area contributed by atoms with Crippen molar-refractivity contribution in [3.63, 3.8) is 0 Å². The van der Waals surface area contributed by atoms with E-state index in [9.17, 15) is 9.59 Å². The summed E-state index contributed by atoms with van der Waals surface area (Å²) >= 11 is 1.72. The summed E-state index contributed by atoms with van der Waals surface area (Å²) in [4.78, 5) is 25.9. The maximum atomic E-state index is 12.5. The van der Waals surface area contributed by atoms with Gasteiger partial charge in [0.1, 0.15) is 11.3 Å². The van der Waals surface area contributed by atoms with E-state index in [2.05, 4.69) is 11.4 Å². The van der Waals surface area contributed by atoms with Crippen LogP contribution in [0, 0.1) is 13.8 Å². The minimum absolute atomic E-state index is 0.0702. The molecular formula is C17H22N2O3S. The first-order valence-corrected chi connectivity index (χ1v) is 9.09. The highest BCUT2D eigenvalue weighted by Crippen LogP contribution is 2.33. The number of aryl methyl sites for hydroxylation is 2. The second-order valence-electron chi connectivity index (χ2n) is 6.24. The third-order valence-corrected chi connectivity index (χ3v) is 5.58. The molecule has 0 radical (unpaired) electrons. The number of nitrogens with zero attached hydrogens (tertiary/aromatic N) is 1. The summed E-state index contributed by atoms with van der Waals surface area (Å²) < 4.78 is 5.79. The summed E-state index contributed by atoms with van der Waals surface area (Å²) in [5, 5.41) is 2.88. The zero-order valence-electron chi connectivity index (χ0n) is 13.6. The van der Waals surface area contributed by atoms with Gasteiger partial charge in [-0.05, 0) is 49.6 Å². The van der Waals surface area contributed by atoms with E-state index < -0.39 is 5.54 Å². The maximum Gasteiger partial charge on any atom is 0.325 e. The van der Waals surface area contributed by atoms with Crippen LogP contribution < -0.4 is 10.1 Å². The fraction of sp³-hybridized carbons (Fsp3) is 0.529. The third kappa shape index (κ3) is 3.17. The monoisotopic (exact) mass is 334 g/mol. The van der Waals surface area contributed by atoms with Crippen LogP contribution in [-0.4, -0.2) is 47.0 Å². The van der Waals surface area contributed by atoms with Gasteiger partial charge in [0.15, 0.2) is 0 Å². The molecule has 0 saturated carbocycles. The molecule has 124 valence electrons. The Morgan fingerprint density at radius 2 is 2.17 bits per heavy atom. The van der Waals surface area contributed by atoms with Crippen molar-refractivity contribution in [3.05, 3.63) is 29.3 Å². The molecule has 2 heterocycles. The summed E-state index contributed by atoms with van der Waals surface area (Å²) in [5.74, 6) is 2.41. The predicted octanol–water partition coefficient (Wildman–Crippen LogP) is 2.50. The van der Waals surface area contributed by atoms with Gasteiger partial charge in [0, 0.05) is 12.3 Å². The number of carbonyl (C=O) groups is 2. The zero-order valence-corrected chi connectivity index (χ0v) is 14.4. The highest BCUT2D eigenvalue weighted by atomic mass is 32.2. The van der Waals surface area contributed by atoms with Crippen molar-refractivity contribution in [2.45, 2.75) is 32.2 Å². The molecule has 2 aliphatic rings. The standard InChI is InChI=1S/C17H22N2O3S/c1-12-4-5-13(2)14(10-12)22-8-3-7-19-15(20)17(18-16(19)21)6-9-23-11-17/h4-5,10H,3,6-9,11H2,1-2H3,(H,18,21)/t17-/m1/s1. The van der Waals surface area contributed by atoms with E-state index in [1.54, 1.807) is 11.8 Å². The molecule has 2 aliphatic heterocycles. The lowest BCUT2D eigenvalue weighted by atomic mass is 9.99. The normalized spacial score (nSPS) is 23.7. The molecule has 1 atom stereocenters.